The van der Waals surface area contributed by atoms with Gasteiger partial charge in [-0.1, -0.05) is 11.6 Å². The maximum atomic E-state index is 13.3. The molecule has 27 heavy (non-hydrogen) atoms. The lowest BCUT2D eigenvalue weighted by atomic mass is 10.0. The highest BCUT2D eigenvalue weighted by molar-refractivity contribution is 6.31. The average molecular weight is 393 g/mol. The van der Waals surface area contributed by atoms with Gasteiger partial charge in [0, 0.05) is 17.3 Å². The Bertz CT molecular complexity index is 831. The molecule has 1 aliphatic rings. The van der Waals surface area contributed by atoms with E-state index in [9.17, 15) is 9.18 Å². The summed E-state index contributed by atoms with van der Waals surface area (Å²) in [4.78, 5) is 14.6. The van der Waals surface area contributed by atoms with Crippen LogP contribution in [0.15, 0.2) is 36.4 Å². The SMILES string of the molecule is COc1ccc(OC)c(C2CCCN2CC(=O)Nc2ccc(F)c(Cl)c2)c1. The van der Waals surface area contributed by atoms with Gasteiger partial charge in [0.1, 0.15) is 17.3 Å². The van der Waals surface area contributed by atoms with Crippen molar-refractivity contribution in [2.24, 2.45) is 0 Å². The summed E-state index contributed by atoms with van der Waals surface area (Å²) in [5.74, 6) is 0.840. The first-order valence-electron chi connectivity index (χ1n) is 8.72. The Morgan fingerprint density at radius 1 is 1.26 bits per heavy atom. The molecule has 0 aliphatic carbocycles. The first-order chi connectivity index (χ1) is 13.0. The van der Waals surface area contributed by atoms with Gasteiger partial charge in [-0.3, -0.25) is 9.69 Å². The number of halogens is 2. The fourth-order valence-electron chi connectivity index (χ4n) is 3.43. The second-order valence-electron chi connectivity index (χ2n) is 6.41. The van der Waals surface area contributed by atoms with Crippen LogP contribution in [0.3, 0.4) is 0 Å². The van der Waals surface area contributed by atoms with E-state index in [0.29, 0.717) is 5.69 Å². The van der Waals surface area contributed by atoms with E-state index < -0.39 is 5.82 Å². The molecule has 1 atom stereocenters. The van der Waals surface area contributed by atoms with Crippen molar-refractivity contribution in [3.05, 3.63) is 52.8 Å². The Balaban J connectivity index is 1.73. The zero-order valence-corrected chi connectivity index (χ0v) is 16.1. The summed E-state index contributed by atoms with van der Waals surface area (Å²) < 4.78 is 24.1. The molecule has 0 saturated carbocycles. The van der Waals surface area contributed by atoms with E-state index in [1.165, 1.54) is 18.2 Å². The molecule has 3 rings (SSSR count). The van der Waals surface area contributed by atoms with Crippen LogP contribution in [0.2, 0.25) is 5.02 Å². The molecule has 0 bridgehead atoms. The highest BCUT2D eigenvalue weighted by Crippen LogP contribution is 2.38. The highest BCUT2D eigenvalue weighted by Gasteiger charge is 2.30. The molecule has 0 radical (unpaired) electrons. The van der Waals surface area contributed by atoms with Gasteiger partial charge in [0.2, 0.25) is 5.91 Å². The summed E-state index contributed by atoms with van der Waals surface area (Å²) in [7, 11) is 3.26. The number of carbonyl (C=O) groups is 1. The van der Waals surface area contributed by atoms with E-state index in [1.54, 1.807) is 14.2 Å². The number of nitrogens with one attached hydrogen (secondary N) is 1. The Hall–Kier alpha value is -2.31. The second-order valence-corrected chi connectivity index (χ2v) is 6.82. The van der Waals surface area contributed by atoms with Crippen LogP contribution in [0.5, 0.6) is 11.5 Å². The van der Waals surface area contributed by atoms with Crippen LogP contribution in [-0.4, -0.2) is 38.1 Å². The smallest absolute Gasteiger partial charge is 0.238 e. The summed E-state index contributed by atoms with van der Waals surface area (Å²) in [6, 6.07) is 9.89. The summed E-state index contributed by atoms with van der Waals surface area (Å²) in [5.41, 5.74) is 1.48. The quantitative estimate of drug-likeness (QED) is 0.797. The monoisotopic (exact) mass is 392 g/mol. The van der Waals surface area contributed by atoms with Gasteiger partial charge < -0.3 is 14.8 Å². The van der Waals surface area contributed by atoms with Gasteiger partial charge in [-0.2, -0.15) is 0 Å². The molecule has 2 aromatic rings. The number of methoxy groups -OCH3 is 2. The zero-order chi connectivity index (χ0) is 19.4. The number of ether oxygens (including phenoxy) is 2. The molecule has 1 aliphatic heterocycles. The lowest BCUT2D eigenvalue weighted by Gasteiger charge is -2.26. The number of rotatable bonds is 6. The fourth-order valence-corrected chi connectivity index (χ4v) is 3.61. The number of anilines is 1. The normalized spacial score (nSPS) is 17.0. The van der Waals surface area contributed by atoms with Crippen molar-refractivity contribution in [3.63, 3.8) is 0 Å². The summed E-state index contributed by atoms with van der Waals surface area (Å²) in [5, 5.41) is 2.75. The standard InChI is InChI=1S/C20H22ClFN2O3/c1-26-14-6-8-19(27-2)15(11-14)18-4-3-9-24(18)12-20(25)23-13-5-7-17(22)16(21)10-13/h5-8,10-11,18H,3-4,9,12H2,1-2H3,(H,23,25). The van der Waals surface area contributed by atoms with Crippen LogP contribution >= 0.6 is 11.6 Å². The largest absolute Gasteiger partial charge is 0.497 e. The Morgan fingerprint density at radius 3 is 2.78 bits per heavy atom. The molecule has 1 amide bonds. The highest BCUT2D eigenvalue weighted by atomic mass is 35.5. The zero-order valence-electron chi connectivity index (χ0n) is 15.3. The van der Waals surface area contributed by atoms with Crippen LogP contribution in [-0.2, 0) is 4.79 Å². The van der Waals surface area contributed by atoms with E-state index >= 15 is 0 Å². The van der Waals surface area contributed by atoms with Gasteiger partial charge in [0.25, 0.3) is 0 Å². The van der Waals surface area contributed by atoms with E-state index in [4.69, 9.17) is 21.1 Å². The van der Waals surface area contributed by atoms with Crippen molar-refractivity contribution in [3.8, 4) is 11.5 Å². The molecule has 2 aromatic carbocycles. The molecule has 0 spiro atoms. The van der Waals surface area contributed by atoms with Gasteiger partial charge in [0.05, 0.1) is 25.8 Å². The molecular formula is C20H22ClFN2O3. The van der Waals surface area contributed by atoms with Crippen molar-refractivity contribution in [1.82, 2.24) is 4.90 Å². The third kappa shape index (κ3) is 4.51. The molecule has 1 fully saturated rings. The van der Waals surface area contributed by atoms with Crippen molar-refractivity contribution in [1.29, 1.82) is 0 Å². The summed E-state index contributed by atoms with van der Waals surface area (Å²) in [6.45, 7) is 1.03. The van der Waals surface area contributed by atoms with E-state index in [-0.39, 0.29) is 23.5 Å². The fraction of sp³-hybridized carbons (Fsp3) is 0.350. The molecule has 1 N–H and O–H groups in total. The van der Waals surface area contributed by atoms with Gasteiger partial charge in [0.15, 0.2) is 0 Å². The number of benzene rings is 2. The molecule has 1 heterocycles. The third-order valence-corrected chi connectivity index (χ3v) is 5.00. The molecular weight excluding hydrogens is 371 g/mol. The molecule has 0 aromatic heterocycles. The van der Waals surface area contributed by atoms with Gasteiger partial charge in [-0.25, -0.2) is 4.39 Å². The lowest BCUT2D eigenvalue weighted by molar-refractivity contribution is -0.117. The number of amides is 1. The summed E-state index contributed by atoms with van der Waals surface area (Å²) in [6.07, 6.45) is 1.92. The Morgan fingerprint density at radius 2 is 2.07 bits per heavy atom. The van der Waals surface area contributed by atoms with E-state index in [0.717, 1.165) is 36.4 Å². The molecule has 1 unspecified atom stereocenters. The van der Waals surface area contributed by atoms with Crippen LogP contribution in [0, 0.1) is 5.82 Å². The second kappa shape index (κ2) is 8.59. The minimum atomic E-state index is -0.514. The predicted octanol–water partition coefficient (Wildman–Crippen LogP) is 4.27. The number of carbonyl (C=O) groups excluding carboxylic acids is 1. The van der Waals surface area contributed by atoms with Crippen LogP contribution in [0.4, 0.5) is 10.1 Å². The lowest BCUT2D eigenvalue weighted by Crippen LogP contribution is -2.33. The van der Waals surface area contributed by atoms with Gasteiger partial charge in [-0.05, 0) is 55.8 Å². The van der Waals surface area contributed by atoms with Crippen molar-refractivity contribution >= 4 is 23.2 Å². The van der Waals surface area contributed by atoms with Gasteiger partial charge in [-0.15, -0.1) is 0 Å². The van der Waals surface area contributed by atoms with Crippen LogP contribution in [0.1, 0.15) is 24.4 Å². The molecule has 1 saturated heterocycles. The van der Waals surface area contributed by atoms with E-state index in [1.807, 2.05) is 18.2 Å². The van der Waals surface area contributed by atoms with E-state index in [2.05, 4.69) is 10.2 Å². The third-order valence-electron chi connectivity index (χ3n) is 4.71. The van der Waals surface area contributed by atoms with Gasteiger partial charge >= 0.3 is 0 Å². The number of nitrogens with zero attached hydrogens (tertiary/aromatic N) is 1. The molecule has 144 valence electrons. The van der Waals surface area contributed by atoms with Crippen molar-refractivity contribution in [2.45, 2.75) is 18.9 Å². The topological polar surface area (TPSA) is 50.8 Å². The van der Waals surface area contributed by atoms with Crippen molar-refractivity contribution < 1.29 is 18.7 Å². The number of likely N-dealkylation sites (tertiary alicyclic amines) is 1. The first kappa shape index (κ1) is 19.5. The Kier molecular flexibility index (Phi) is 6.19. The molecule has 5 nitrogen and oxygen atoms in total. The average Bonchev–Trinajstić information content (AvgIpc) is 3.11. The van der Waals surface area contributed by atoms with Crippen molar-refractivity contribution in [2.75, 3.05) is 32.6 Å². The number of hydrogen-bond donors (Lipinski definition) is 1. The van der Waals surface area contributed by atoms with Crippen LogP contribution < -0.4 is 14.8 Å². The van der Waals surface area contributed by atoms with Crippen LogP contribution in [0.25, 0.3) is 0 Å². The minimum absolute atomic E-state index is 0.0204. The minimum Gasteiger partial charge on any atom is -0.497 e. The Labute approximate surface area is 163 Å². The predicted molar refractivity (Wildman–Crippen MR) is 103 cm³/mol. The maximum Gasteiger partial charge on any atom is 0.238 e. The maximum absolute atomic E-state index is 13.3. The first-order valence-corrected chi connectivity index (χ1v) is 9.10. The number of hydrogen-bond acceptors (Lipinski definition) is 4. The molecule has 7 heteroatoms. The summed E-state index contributed by atoms with van der Waals surface area (Å²) >= 11 is 5.77.